The smallest absolute Gasteiger partial charge is 0.252 e. The predicted molar refractivity (Wildman–Crippen MR) is 81.8 cm³/mol. The van der Waals surface area contributed by atoms with Gasteiger partial charge in [-0.2, -0.15) is 0 Å². The fraction of sp³-hybridized carbons (Fsp3) is 0.462. The Labute approximate surface area is 126 Å². The molecule has 1 amide bonds. The summed E-state index contributed by atoms with van der Waals surface area (Å²) in [6.45, 7) is 0.636. The maximum Gasteiger partial charge on any atom is 0.252 e. The average Bonchev–Trinajstić information content (AvgIpc) is 2.79. The molecule has 0 spiro atoms. The van der Waals surface area contributed by atoms with Crippen molar-refractivity contribution in [1.82, 2.24) is 5.32 Å². The lowest BCUT2D eigenvalue weighted by atomic mass is 10.0. The highest BCUT2D eigenvalue weighted by Crippen LogP contribution is 2.25. The molecule has 2 atom stereocenters. The first-order valence-corrected chi connectivity index (χ1v) is 7.53. The van der Waals surface area contributed by atoms with E-state index in [2.05, 4.69) is 27.9 Å². The molecule has 3 N–H and O–H groups in total. The van der Waals surface area contributed by atoms with Crippen LogP contribution in [0.2, 0.25) is 5.02 Å². The zero-order chi connectivity index (χ0) is 13.1. The van der Waals surface area contributed by atoms with Crippen molar-refractivity contribution in [2.45, 2.75) is 25.3 Å². The van der Waals surface area contributed by atoms with Gasteiger partial charge in [-0.1, -0.05) is 18.0 Å². The van der Waals surface area contributed by atoms with Crippen LogP contribution in [0.25, 0.3) is 0 Å². The second-order valence-corrected chi connectivity index (χ2v) is 6.23. The summed E-state index contributed by atoms with van der Waals surface area (Å²) in [6, 6.07) is 5.56. The molecule has 0 aliphatic heterocycles. The Morgan fingerprint density at radius 2 is 2.28 bits per heavy atom. The Morgan fingerprint density at radius 3 is 3.00 bits per heavy atom. The molecule has 0 saturated heterocycles. The molecular formula is C13H16ClIN2O. The molecule has 2 rings (SSSR count). The standard InChI is InChI=1S/C13H16ClIN2O/c14-9-4-5-11(15)10(6-9)13(18)17-12-3-1-2-8(12)7-16/h4-6,8,12H,1-3,7,16H2,(H,17,18). The van der Waals surface area contributed by atoms with E-state index < -0.39 is 0 Å². The summed E-state index contributed by atoms with van der Waals surface area (Å²) >= 11 is 8.08. The number of rotatable bonds is 3. The Balaban J connectivity index is 2.09. The quantitative estimate of drug-likeness (QED) is 0.795. The molecule has 1 aliphatic rings. The fourth-order valence-corrected chi connectivity index (χ4v) is 3.18. The minimum Gasteiger partial charge on any atom is -0.349 e. The van der Waals surface area contributed by atoms with E-state index in [4.69, 9.17) is 17.3 Å². The van der Waals surface area contributed by atoms with Gasteiger partial charge in [-0.3, -0.25) is 4.79 Å². The monoisotopic (exact) mass is 378 g/mol. The van der Waals surface area contributed by atoms with E-state index in [1.54, 1.807) is 12.1 Å². The molecule has 98 valence electrons. The molecule has 1 saturated carbocycles. The van der Waals surface area contributed by atoms with E-state index in [-0.39, 0.29) is 11.9 Å². The number of carbonyl (C=O) groups excluding carboxylic acids is 1. The molecule has 0 aromatic heterocycles. The number of nitrogens with two attached hydrogens (primary N) is 1. The number of hydrogen-bond acceptors (Lipinski definition) is 2. The lowest BCUT2D eigenvalue weighted by Crippen LogP contribution is -2.40. The number of halogens is 2. The summed E-state index contributed by atoms with van der Waals surface area (Å²) in [5.74, 6) is 0.359. The topological polar surface area (TPSA) is 55.1 Å². The summed E-state index contributed by atoms with van der Waals surface area (Å²) in [5.41, 5.74) is 6.36. The van der Waals surface area contributed by atoms with Crippen molar-refractivity contribution in [2.75, 3.05) is 6.54 Å². The molecule has 0 radical (unpaired) electrons. The van der Waals surface area contributed by atoms with Crippen molar-refractivity contribution >= 4 is 40.1 Å². The summed E-state index contributed by atoms with van der Waals surface area (Å²) in [4.78, 5) is 12.2. The third-order valence-electron chi connectivity index (χ3n) is 3.45. The lowest BCUT2D eigenvalue weighted by molar-refractivity contribution is 0.0928. The highest BCUT2D eigenvalue weighted by atomic mass is 127. The van der Waals surface area contributed by atoms with Crippen molar-refractivity contribution < 1.29 is 4.79 Å². The second-order valence-electron chi connectivity index (χ2n) is 4.63. The summed E-state index contributed by atoms with van der Waals surface area (Å²) in [6.07, 6.45) is 3.26. The van der Waals surface area contributed by atoms with Gasteiger partial charge in [0.05, 0.1) is 5.56 Å². The van der Waals surface area contributed by atoms with Crippen molar-refractivity contribution in [3.05, 3.63) is 32.4 Å². The molecule has 18 heavy (non-hydrogen) atoms. The molecule has 1 aromatic carbocycles. The Bertz CT molecular complexity index is 453. The molecule has 0 bridgehead atoms. The van der Waals surface area contributed by atoms with Crippen LogP contribution in [0.15, 0.2) is 18.2 Å². The van der Waals surface area contributed by atoms with Gasteiger partial charge in [-0.05, 0) is 66.1 Å². The molecule has 3 nitrogen and oxygen atoms in total. The molecule has 2 unspecified atom stereocenters. The van der Waals surface area contributed by atoms with Crippen LogP contribution in [0, 0.1) is 9.49 Å². The third kappa shape index (κ3) is 3.16. The SMILES string of the molecule is NCC1CCCC1NC(=O)c1cc(Cl)ccc1I. The Hall–Kier alpha value is -0.330. The van der Waals surface area contributed by atoms with Gasteiger partial charge in [0.25, 0.3) is 5.91 Å². The summed E-state index contributed by atoms with van der Waals surface area (Å²) in [5, 5.41) is 3.67. The number of carbonyl (C=O) groups is 1. The van der Waals surface area contributed by atoms with Crippen molar-refractivity contribution in [3.63, 3.8) is 0 Å². The minimum absolute atomic E-state index is 0.0488. The molecule has 1 aromatic rings. The minimum atomic E-state index is -0.0488. The molecule has 5 heteroatoms. The van der Waals surface area contributed by atoms with Gasteiger partial charge < -0.3 is 11.1 Å². The number of benzene rings is 1. The Morgan fingerprint density at radius 1 is 1.50 bits per heavy atom. The van der Waals surface area contributed by atoms with Crippen LogP contribution in [0.4, 0.5) is 0 Å². The maximum absolute atomic E-state index is 12.2. The van der Waals surface area contributed by atoms with Crippen LogP contribution in [0.1, 0.15) is 29.6 Å². The van der Waals surface area contributed by atoms with Gasteiger partial charge in [0.1, 0.15) is 0 Å². The van der Waals surface area contributed by atoms with Crippen LogP contribution in [0.5, 0.6) is 0 Å². The van der Waals surface area contributed by atoms with Gasteiger partial charge >= 0.3 is 0 Å². The van der Waals surface area contributed by atoms with Gasteiger partial charge in [-0.15, -0.1) is 0 Å². The average molecular weight is 379 g/mol. The fourth-order valence-electron chi connectivity index (χ4n) is 2.43. The second kappa shape index (κ2) is 6.21. The molecular weight excluding hydrogens is 363 g/mol. The summed E-state index contributed by atoms with van der Waals surface area (Å²) < 4.78 is 0.914. The van der Waals surface area contributed by atoms with Gasteiger partial charge in [0, 0.05) is 14.6 Å². The first kappa shape index (κ1) is 14.1. The lowest BCUT2D eigenvalue weighted by Gasteiger charge is -2.19. The molecule has 1 aliphatic carbocycles. The zero-order valence-corrected chi connectivity index (χ0v) is 12.9. The van der Waals surface area contributed by atoms with Gasteiger partial charge in [0.15, 0.2) is 0 Å². The predicted octanol–water partition coefficient (Wildman–Crippen LogP) is 2.80. The molecule has 1 fully saturated rings. The van der Waals surface area contributed by atoms with Crippen LogP contribution in [-0.2, 0) is 0 Å². The van der Waals surface area contributed by atoms with Crippen LogP contribution in [0.3, 0.4) is 0 Å². The highest BCUT2D eigenvalue weighted by Gasteiger charge is 2.28. The van der Waals surface area contributed by atoms with Gasteiger partial charge in [0.2, 0.25) is 0 Å². The normalized spacial score (nSPS) is 23.1. The third-order valence-corrected chi connectivity index (χ3v) is 4.63. The Kier molecular flexibility index (Phi) is 4.86. The van der Waals surface area contributed by atoms with E-state index in [1.807, 2.05) is 6.07 Å². The number of nitrogens with one attached hydrogen (secondary N) is 1. The molecule has 0 heterocycles. The number of hydrogen-bond donors (Lipinski definition) is 2. The van der Waals surface area contributed by atoms with Crippen molar-refractivity contribution in [3.8, 4) is 0 Å². The van der Waals surface area contributed by atoms with E-state index in [1.165, 1.54) is 0 Å². The number of amides is 1. The maximum atomic E-state index is 12.2. The van der Waals surface area contributed by atoms with Gasteiger partial charge in [-0.25, -0.2) is 0 Å². The van der Waals surface area contributed by atoms with Crippen LogP contribution >= 0.6 is 34.2 Å². The van der Waals surface area contributed by atoms with Crippen molar-refractivity contribution in [1.29, 1.82) is 0 Å². The summed E-state index contributed by atoms with van der Waals surface area (Å²) in [7, 11) is 0. The van der Waals surface area contributed by atoms with E-state index in [0.29, 0.717) is 23.0 Å². The first-order valence-electron chi connectivity index (χ1n) is 6.08. The van der Waals surface area contributed by atoms with E-state index in [9.17, 15) is 4.79 Å². The van der Waals surface area contributed by atoms with Crippen molar-refractivity contribution in [2.24, 2.45) is 11.7 Å². The van der Waals surface area contributed by atoms with E-state index >= 15 is 0 Å². The zero-order valence-electron chi connectivity index (χ0n) is 9.96. The first-order chi connectivity index (χ1) is 8.61. The largest absolute Gasteiger partial charge is 0.349 e. The van der Waals surface area contributed by atoms with E-state index in [0.717, 1.165) is 22.8 Å². The van der Waals surface area contributed by atoms with Crippen LogP contribution < -0.4 is 11.1 Å². The highest BCUT2D eigenvalue weighted by molar-refractivity contribution is 14.1. The van der Waals surface area contributed by atoms with Crippen LogP contribution in [-0.4, -0.2) is 18.5 Å².